The number of carbonyl (C=O) groups excluding carboxylic acids is 2. The third-order valence-electron chi connectivity index (χ3n) is 13.2. The summed E-state index contributed by atoms with van der Waals surface area (Å²) < 4.78 is 24.0. The molecule has 0 unspecified atom stereocenters. The van der Waals surface area contributed by atoms with Gasteiger partial charge < -0.3 is 29.2 Å². The lowest BCUT2D eigenvalue weighted by atomic mass is 9.71. The SMILES string of the molecule is COc1ccc([C@@]23Oc4cc(C)cc(C)c4[C@]2(O)C(=O)C[C@@H]3c2ccccc2)cc1.COc1ccc([C@@]23Oc4cc(C)cc(C)c4[C@]2(O)C(=O)C[C@H]3c2ccccc2)cc1. The largest absolute Gasteiger partial charge is 0.497 e. The molecule has 2 aliphatic carbocycles. The maximum absolute atomic E-state index is 13.5. The summed E-state index contributed by atoms with van der Waals surface area (Å²) in [5, 5.41) is 24.4. The van der Waals surface area contributed by atoms with Crippen molar-refractivity contribution in [3.8, 4) is 23.0 Å². The van der Waals surface area contributed by atoms with Gasteiger partial charge in [-0.3, -0.25) is 9.59 Å². The van der Waals surface area contributed by atoms with E-state index < -0.39 is 22.4 Å². The van der Waals surface area contributed by atoms with Gasteiger partial charge in [0, 0.05) is 46.9 Å². The van der Waals surface area contributed by atoms with Gasteiger partial charge >= 0.3 is 0 Å². The van der Waals surface area contributed by atoms with Crippen molar-refractivity contribution < 1.29 is 38.7 Å². The molecule has 8 heteroatoms. The normalized spacial score (nSPS) is 26.8. The molecule has 8 nitrogen and oxygen atoms in total. The second-order valence-corrected chi connectivity index (χ2v) is 16.6. The summed E-state index contributed by atoms with van der Waals surface area (Å²) in [6.45, 7) is 7.84. The number of aliphatic hydroxyl groups is 2. The Bertz CT molecular complexity index is 2460. The molecular formula is C52H48O8. The van der Waals surface area contributed by atoms with Crippen molar-refractivity contribution in [1.82, 2.24) is 0 Å². The molecule has 2 N–H and O–H groups in total. The van der Waals surface area contributed by atoms with Gasteiger partial charge in [0.2, 0.25) is 0 Å². The van der Waals surface area contributed by atoms with Crippen molar-refractivity contribution in [2.24, 2.45) is 0 Å². The van der Waals surface area contributed by atoms with Crippen molar-refractivity contribution in [3.63, 3.8) is 0 Å². The maximum Gasteiger partial charge on any atom is 0.196 e. The Hall–Kier alpha value is -6.22. The van der Waals surface area contributed by atoms with Crippen LogP contribution in [0.2, 0.25) is 0 Å². The first kappa shape index (κ1) is 39.3. The minimum Gasteiger partial charge on any atom is -0.497 e. The zero-order valence-corrected chi connectivity index (χ0v) is 34.6. The number of fused-ring (bicyclic) bond motifs is 6. The number of ether oxygens (including phenoxy) is 4. The van der Waals surface area contributed by atoms with Gasteiger partial charge in [0.1, 0.15) is 23.0 Å². The fourth-order valence-corrected chi connectivity index (χ4v) is 10.8. The van der Waals surface area contributed by atoms with Crippen LogP contribution in [0.4, 0.5) is 0 Å². The van der Waals surface area contributed by atoms with Crippen LogP contribution in [-0.2, 0) is 32.0 Å². The predicted octanol–water partition coefficient (Wildman–Crippen LogP) is 9.09. The van der Waals surface area contributed by atoms with Crippen molar-refractivity contribution in [2.75, 3.05) is 14.2 Å². The van der Waals surface area contributed by atoms with Crippen LogP contribution in [0.1, 0.15) is 80.3 Å². The second-order valence-electron chi connectivity index (χ2n) is 16.6. The molecule has 6 atom stereocenters. The number of carbonyl (C=O) groups is 2. The smallest absolute Gasteiger partial charge is 0.196 e. The highest BCUT2D eigenvalue weighted by molar-refractivity contribution is 5.98. The van der Waals surface area contributed by atoms with E-state index in [1.165, 1.54) is 0 Å². The maximum atomic E-state index is 13.5. The minimum atomic E-state index is -1.75. The Morgan fingerprint density at radius 1 is 0.517 bits per heavy atom. The summed E-state index contributed by atoms with van der Waals surface area (Å²) in [4.78, 5) is 27.0. The van der Waals surface area contributed by atoms with E-state index in [9.17, 15) is 19.8 Å². The summed E-state index contributed by atoms with van der Waals surface area (Å²) in [6, 6.07) is 42.5. The van der Waals surface area contributed by atoms with E-state index in [1.54, 1.807) is 14.2 Å². The second kappa shape index (κ2) is 14.2. The van der Waals surface area contributed by atoms with E-state index in [4.69, 9.17) is 18.9 Å². The number of Topliss-reactive ketones (excluding diaryl/α,β-unsaturated/α-hetero) is 2. The first-order chi connectivity index (χ1) is 28.8. The van der Waals surface area contributed by atoms with Crippen LogP contribution in [0.3, 0.4) is 0 Å². The average Bonchev–Trinajstić information content (AvgIpc) is 3.85. The van der Waals surface area contributed by atoms with E-state index in [0.717, 1.165) is 44.5 Å². The highest BCUT2D eigenvalue weighted by atomic mass is 16.5. The van der Waals surface area contributed by atoms with E-state index in [0.29, 0.717) is 34.1 Å². The molecule has 2 fully saturated rings. The lowest BCUT2D eigenvalue weighted by Crippen LogP contribution is -2.50. The molecule has 10 rings (SSSR count). The highest BCUT2D eigenvalue weighted by Crippen LogP contribution is 2.67. The average molecular weight is 801 g/mol. The quantitative estimate of drug-likeness (QED) is 0.172. The van der Waals surface area contributed by atoms with Crippen molar-refractivity contribution in [2.45, 2.75) is 74.8 Å². The third kappa shape index (κ3) is 5.36. The number of rotatable bonds is 6. The van der Waals surface area contributed by atoms with Gasteiger partial charge in [-0.25, -0.2) is 0 Å². The molecule has 0 saturated heterocycles. The van der Waals surface area contributed by atoms with E-state index >= 15 is 0 Å². The summed E-state index contributed by atoms with van der Waals surface area (Å²) >= 11 is 0. The Morgan fingerprint density at radius 3 is 1.20 bits per heavy atom. The van der Waals surface area contributed by atoms with Crippen LogP contribution >= 0.6 is 0 Å². The molecule has 0 amide bonds. The molecule has 304 valence electrons. The Balaban J connectivity index is 0.000000154. The van der Waals surface area contributed by atoms with Crippen LogP contribution in [0.25, 0.3) is 0 Å². The fourth-order valence-electron chi connectivity index (χ4n) is 10.8. The number of ketones is 2. The summed E-state index contributed by atoms with van der Waals surface area (Å²) in [5.74, 6) is 1.52. The Morgan fingerprint density at radius 2 is 0.867 bits per heavy atom. The minimum absolute atomic E-state index is 0.208. The number of methoxy groups -OCH3 is 2. The fraction of sp³-hybridized carbons (Fsp3) is 0.269. The van der Waals surface area contributed by atoms with Gasteiger partial charge in [-0.2, -0.15) is 0 Å². The Labute approximate surface area is 350 Å². The van der Waals surface area contributed by atoms with Crippen LogP contribution in [0, 0.1) is 27.7 Å². The van der Waals surface area contributed by atoms with E-state index in [2.05, 4.69) is 0 Å². The zero-order valence-electron chi connectivity index (χ0n) is 34.6. The van der Waals surface area contributed by atoms with Gasteiger partial charge in [0.05, 0.1) is 14.2 Å². The molecule has 0 radical (unpaired) electrons. The molecule has 2 saturated carbocycles. The van der Waals surface area contributed by atoms with Gasteiger partial charge in [-0.15, -0.1) is 0 Å². The van der Waals surface area contributed by atoms with Crippen molar-refractivity contribution in [1.29, 1.82) is 0 Å². The molecule has 6 aromatic carbocycles. The zero-order chi connectivity index (χ0) is 42.2. The van der Waals surface area contributed by atoms with Crippen LogP contribution < -0.4 is 18.9 Å². The van der Waals surface area contributed by atoms with Gasteiger partial charge in [0.25, 0.3) is 0 Å². The number of hydrogen-bond acceptors (Lipinski definition) is 8. The van der Waals surface area contributed by atoms with Crippen molar-refractivity contribution >= 4 is 11.6 Å². The Kier molecular flexibility index (Phi) is 9.30. The van der Waals surface area contributed by atoms with Crippen LogP contribution in [0.5, 0.6) is 23.0 Å². The summed E-state index contributed by atoms with van der Waals surface area (Å²) in [7, 11) is 3.23. The molecule has 2 heterocycles. The molecular weight excluding hydrogens is 753 g/mol. The molecule has 0 bridgehead atoms. The first-order valence-corrected chi connectivity index (χ1v) is 20.3. The lowest BCUT2D eigenvalue weighted by Gasteiger charge is -2.39. The predicted molar refractivity (Wildman–Crippen MR) is 228 cm³/mol. The molecule has 2 aliphatic heterocycles. The monoisotopic (exact) mass is 800 g/mol. The number of aryl methyl sites for hydroxylation is 4. The standard InChI is InChI=1S/2C26H24O4/c2*1-16-13-17(2)24-22(14-16)30-26(19-9-11-20(29-3)12-10-19)21(15-23(27)25(24,26)28)18-7-5-4-6-8-18/h2*4-14,21,28H,15H2,1-3H3/t21-,25+,26-;21-,25-,26+/m01/s1. The summed E-state index contributed by atoms with van der Waals surface area (Å²) in [5.41, 5.74) is 2.46. The van der Waals surface area contributed by atoms with E-state index in [1.807, 2.05) is 161 Å². The van der Waals surface area contributed by atoms with Gasteiger partial charge in [0.15, 0.2) is 34.0 Å². The summed E-state index contributed by atoms with van der Waals surface area (Å²) in [6.07, 6.45) is 0.415. The van der Waals surface area contributed by atoms with Crippen molar-refractivity contribution in [3.05, 3.63) is 189 Å². The van der Waals surface area contributed by atoms with Crippen LogP contribution in [0.15, 0.2) is 133 Å². The van der Waals surface area contributed by atoms with Gasteiger partial charge in [-0.1, -0.05) is 97.1 Å². The molecule has 6 aromatic rings. The lowest BCUT2D eigenvalue weighted by molar-refractivity contribution is -0.151. The third-order valence-corrected chi connectivity index (χ3v) is 13.2. The first-order valence-electron chi connectivity index (χ1n) is 20.3. The number of benzene rings is 6. The van der Waals surface area contributed by atoms with E-state index in [-0.39, 0.29) is 36.2 Å². The van der Waals surface area contributed by atoms with Gasteiger partial charge in [-0.05, 0) is 97.5 Å². The van der Waals surface area contributed by atoms with Crippen LogP contribution in [-0.4, -0.2) is 36.0 Å². The molecule has 0 aromatic heterocycles. The molecule has 4 aliphatic rings. The highest BCUT2D eigenvalue weighted by Gasteiger charge is 2.74. The number of hydrogen-bond donors (Lipinski definition) is 2. The molecule has 60 heavy (non-hydrogen) atoms. The topological polar surface area (TPSA) is 112 Å². The molecule has 0 spiro atoms.